The molecule has 146 valence electrons. The van der Waals surface area contributed by atoms with E-state index in [0.717, 1.165) is 5.56 Å². The van der Waals surface area contributed by atoms with Crippen LogP contribution in [0.4, 0.5) is 5.69 Å². The number of benzene rings is 3. The molecule has 0 saturated heterocycles. The van der Waals surface area contributed by atoms with E-state index in [1.165, 1.54) is 4.31 Å². The van der Waals surface area contributed by atoms with Crippen molar-refractivity contribution in [2.24, 2.45) is 0 Å². The van der Waals surface area contributed by atoms with Crippen LogP contribution in [0.1, 0.15) is 5.56 Å². The lowest BCUT2D eigenvalue weighted by Gasteiger charge is -2.25. The lowest BCUT2D eigenvalue weighted by Crippen LogP contribution is -2.30. The molecule has 7 heteroatoms. The summed E-state index contributed by atoms with van der Waals surface area (Å²) in [5, 5.41) is 0.524. The van der Waals surface area contributed by atoms with E-state index in [1.54, 1.807) is 65.6 Å². The molecule has 4 aromatic rings. The highest BCUT2D eigenvalue weighted by Crippen LogP contribution is 2.34. The number of aromatic nitrogens is 1. The second-order valence-electron chi connectivity index (χ2n) is 6.37. The molecule has 0 N–H and O–H groups in total. The van der Waals surface area contributed by atoms with Crippen LogP contribution in [-0.2, 0) is 16.6 Å². The molecular weight excluding hydrogens is 499 g/mol. The molecule has 0 unspecified atom stereocenters. The standard InChI is InChI=1S/C22H17IN2O3S/c23-28-20-13-14-21(19-12-7-15-24-22(19)20)29(26,27)25(18-10-5-2-6-11-18)16-17-8-3-1-4-9-17/h1-15H,16H2. The molecule has 1 heterocycles. The Kier molecular flexibility index (Phi) is 5.68. The third-order valence-corrected chi connectivity index (χ3v) is 6.86. The third kappa shape index (κ3) is 3.92. The van der Waals surface area contributed by atoms with Gasteiger partial charge in [-0.15, -0.1) is 0 Å². The van der Waals surface area contributed by atoms with Gasteiger partial charge in [0, 0.05) is 11.6 Å². The molecule has 0 aliphatic heterocycles. The highest BCUT2D eigenvalue weighted by atomic mass is 127. The number of fused-ring (bicyclic) bond motifs is 1. The fourth-order valence-electron chi connectivity index (χ4n) is 3.19. The molecule has 1 aromatic heterocycles. The quantitative estimate of drug-likeness (QED) is 0.324. The second-order valence-corrected chi connectivity index (χ2v) is 8.64. The predicted molar refractivity (Wildman–Crippen MR) is 123 cm³/mol. The summed E-state index contributed by atoms with van der Waals surface area (Å²) < 4.78 is 34.4. The zero-order valence-electron chi connectivity index (χ0n) is 15.3. The lowest BCUT2D eigenvalue weighted by atomic mass is 10.2. The van der Waals surface area contributed by atoms with Gasteiger partial charge in [0.15, 0.2) is 28.8 Å². The molecule has 0 spiro atoms. The SMILES string of the molecule is O=S(=O)(c1ccc(OI)c2ncccc12)N(Cc1ccccc1)c1ccccc1. The van der Waals surface area contributed by atoms with E-state index in [0.29, 0.717) is 22.3 Å². The first-order valence-corrected chi connectivity index (χ1v) is 11.2. The van der Waals surface area contributed by atoms with Crippen LogP contribution in [0.5, 0.6) is 5.75 Å². The summed E-state index contributed by atoms with van der Waals surface area (Å²) in [6.45, 7) is 0.222. The molecule has 29 heavy (non-hydrogen) atoms. The van der Waals surface area contributed by atoms with Gasteiger partial charge in [-0.3, -0.25) is 9.29 Å². The van der Waals surface area contributed by atoms with E-state index in [4.69, 9.17) is 3.07 Å². The largest absolute Gasteiger partial charge is 0.425 e. The van der Waals surface area contributed by atoms with Crippen LogP contribution in [0.15, 0.2) is 96.0 Å². The molecule has 4 rings (SSSR count). The number of hydrogen-bond acceptors (Lipinski definition) is 4. The maximum atomic E-state index is 13.8. The van der Waals surface area contributed by atoms with Crippen molar-refractivity contribution in [3.63, 3.8) is 0 Å². The van der Waals surface area contributed by atoms with Crippen LogP contribution in [0.2, 0.25) is 0 Å². The molecule has 0 aliphatic carbocycles. The summed E-state index contributed by atoms with van der Waals surface area (Å²) in [5.74, 6) is 0.523. The van der Waals surface area contributed by atoms with E-state index < -0.39 is 10.0 Å². The van der Waals surface area contributed by atoms with Crippen LogP contribution >= 0.6 is 23.0 Å². The van der Waals surface area contributed by atoms with E-state index >= 15 is 0 Å². The molecule has 0 aliphatic rings. The minimum Gasteiger partial charge on any atom is -0.425 e. The highest BCUT2D eigenvalue weighted by Gasteiger charge is 2.28. The molecule has 0 saturated carbocycles. The fourth-order valence-corrected chi connectivity index (χ4v) is 5.18. The Labute approximate surface area is 183 Å². The summed E-state index contributed by atoms with van der Waals surface area (Å²) in [7, 11) is -3.87. The third-order valence-electron chi connectivity index (χ3n) is 4.56. The van der Waals surface area contributed by atoms with Gasteiger partial charge in [0.05, 0.1) is 17.1 Å². The van der Waals surface area contributed by atoms with Gasteiger partial charge >= 0.3 is 0 Å². The van der Waals surface area contributed by atoms with Crippen molar-refractivity contribution >= 4 is 49.6 Å². The Morgan fingerprint density at radius 1 is 0.862 bits per heavy atom. The Hall–Kier alpha value is -2.65. The molecule has 0 fully saturated rings. The number of hydrogen-bond donors (Lipinski definition) is 0. The maximum Gasteiger partial charge on any atom is 0.265 e. The molecule has 3 aromatic carbocycles. The molecule has 0 radical (unpaired) electrons. The Bertz CT molecular complexity index is 1230. The summed E-state index contributed by atoms with van der Waals surface area (Å²) in [4.78, 5) is 4.52. The van der Waals surface area contributed by atoms with Gasteiger partial charge in [0.2, 0.25) is 0 Å². The van der Waals surface area contributed by atoms with E-state index in [1.807, 2.05) is 48.5 Å². The van der Waals surface area contributed by atoms with Crippen molar-refractivity contribution in [3.05, 3.63) is 96.7 Å². The van der Waals surface area contributed by atoms with Gasteiger partial charge in [0.25, 0.3) is 10.0 Å². The molecular formula is C22H17IN2O3S. The topological polar surface area (TPSA) is 59.5 Å². The average Bonchev–Trinajstić information content (AvgIpc) is 2.77. The summed E-state index contributed by atoms with van der Waals surface area (Å²) in [6.07, 6.45) is 1.62. The first-order chi connectivity index (χ1) is 14.1. The second kappa shape index (κ2) is 8.38. The van der Waals surface area contributed by atoms with Crippen LogP contribution in [-0.4, -0.2) is 13.4 Å². The van der Waals surface area contributed by atoms with Crippen molar-refractivity contribution in [3.8, 4) is 5.75 Å². The van der Waals surface area contributed by atoms with Gasteiger partial charge in [0.1, 0.15) is 5.52 Å². The maximum absolute atomic E-state index is 13.8. The number of anilines is 1. The van der Waals surface area contributed by atoms with E-state index in [2.05, 4.69) is 4.98 Å². The summed E-state index contributed by atoms with van der Waals surface area (Å²) >= 11 is 1.77. The summed E-state index contributed by atoms with van der Waals surface area (Å²) in [5.41, 5.74) is 2.01. The number of pyridine rings is 1. The number of halogens is 1. The van der Waals surface area contributed by atoms with E-state index in [9.17, 15) is 8.42 Å². The van der Waals surface area contributed by atoms with Crippen molar-refractivity contribution in [2.45, 2.75) is 11.4 Å². The van der Waals surface area contributed by atoms with Crippen LogP contribution < -0.4 is 7.37 Å². The average molecular weight is 516 g/mol. The van der Waals surface area contributed by atoms with E-state index in [-0.39, 0.29) is 11.4 Å². The first kappa shape index (κ1) is 19.7. The van der Waals surface area contributed by atoms with Crippen molar-refractivity contribution < 1.29 is 11.5 Å². The first-order valence-electron chi connectivity index (χ1n) is 8.89. The Balaban J connectivity index is 1.89. The molecule has 0 amide bonds. The zero-order valence-corrected chi connectivity index (χ0v) is 18.2. The van der Waals surface area contributed by atoms with Crippen molar-refractivity contribution in [1.82, 2.24) is 4.98 Å². The van der Waals surface area contributed by atoms with Crippen LogP contribution in [0.3, 0.4) is 0 Å². The molecule has 5 nitrogen and oxygen atoms in total. The van der Waals surface area contributed by atoms with Crippen LogP contribution in [0.25, 0.3) is 10.9 Å². The monoisotopic (exact) mass is 516 g/mol. The summed E-state index contributed by atoms with van der Waals surface area (Å²) in [6, 6.07) is 25.3. The lowest BCUT2D eigenvalue weighted by molar-refractivity contribution is 0.591. The number of sulfonamides is 1. The van der Waals surface area contributed by atoms with Gasteiger partial charge in [-0.25, -0.2) is 8.42 Å². The van der Waals surface area contributed by atoms with Crippen molar-refractivity contribution in [1.29, 1.82) is 0 Å². The van der Waals surface area contributed by atoms with Crippen LogP contribution in [0, 0.1) is 0 Å². The Morgan fingerprint density at radius 3 is 2.24 bits per heavy atom. The predicted octanol–water partition coefficient (Wildman–Crippen LogP) is 5.36. The minimum absolute atomic E-state index is 0.192. The Morgan fingerprint density at radius 2 is 1.55 bits per heavy atom. The highest BCUT2D eigenvalue weighted by molar-refractivity contribution is 14.1. The molecule has 0 bridgehead atoms. The van der Waals surface area contributed by atoms with Gasteiger partial charge in [-0.1, -0.05) is 48.5 Å². The van der Waals surface area contributed by atoms with Crippen molar-refractivity contribution in [2.75, 3.05) is 4.31 Å². The van der Waals surface area contributed by atoms with Gasteiger partial charge < -0.3 is 3.07 Å². The normalized spacial score (nSPS) is 11.3. The van der Waals surface area contributed by atoms with Gasteiger partial charge in [-0.2, -0.15) is 0 Å². The fraction of sp³-hybridized carbons (Fsp3) is 0.0455. The molecule has 0 atom stereocenters. The number of para-hydroxylation sites is 1. The smallest absolute Gasteiger partial charge is 0.265 e. The number of rotatable bonds is 6. The number of nitrogens with zero attached hydrogens (tertiary/aromatic N) is 2. The zero-order chi connectivity index (χ0) is 20.3. The van der Waals surface area contributed by atoms with Gasteiger partial charge in [-0.05, 0) is 42.0 Å². The minimum atomic E-state index is -3.87.